The van der Waals surface area contributed by atoms with Gasteiger partial charge in [-0.15, -0.1) is 0 Å². The molecular formula is C51H78O11. The zero-order valence-corrected chi connectivity index (χ0v) is 37.6. The molecule has 0 aromatic carbocycles. The average molecular weight is 867 g/mol. The molecule has 6 atom stereocenters. The Kier molecular flexibility index (Phi) is 35.8. The molecule has 348 valence electrons. The predicted octanol–water partition coefficient (Wildman–Crippen LogP) is 10.2. The van der Waals surface area contributed by atoms with Crippen LogP contribution in [0.15, 0.2) is 109 Å². The zero-order valence-electron chi connectivity index (χ0n) is 37.6. The SMILES string of the molecule is CC/C=C\C/C=C\C/C=C\C/C=C\C/C=C\C/C=C\CCC(=O)OCC(COC1OC(C(=O)O)C(O)C(O)C1O)OC(=O)CCCCCCCCC/C=C\C/C=C\C/C=C\CC. The third-order valence-corrected chi connectivity index (χ3v) is 9.63. The summed E-state index contributed by atoms with van der Waals surface area (Å²) in [6, 6.07) is 0. The van der Waals surface area contributed by atoms with E-state index < -0.39 is 61.3 Å². The molecule has 11 heteroatoms. The van der Waals surface area contributed by atoms with Gasteiger partial charge in [0.15, 0.2) is 18.5 Å². The summed E-state index contributed by atoms with van der Waals surface area (Å²) in [6.07, 6.45) is 45.7. The van der Waals surface area contributed by atoms with Gasteiger partial charge >= 0.3 is 17.9 Å². The number of allylic oxidation sites excluding steroid dienone is 18. The number of hydrogen-bond acceptors (Lipinski definition) is 10. The van der Waals surface area contributed by atoms with E-state index in [1.807, 2.05) is 12.2 Å². The first-order valence-corrected chi connectivity index (χ1v) is 22.9. The minimum absolute atomic E-state index is 0.101. The molecule has 6 unspecified atom stereocenters. The van der Waals surface area contributed by atoms with Crippen LogP contribution in [0, 0.1) is 0 Å². The molecular weight excluding hydrogens is 789 g/mol. The summed E-state index contributed by atoms with van der Waals surface area (Å²) < 4.78 is 21.7. The second-order valence-corrected chi connectivity index (χ2v) is 15.1. The summed E-state index contributed by atoms with van der Waals surface area (Å²) in [7, 11) is 0. The number of hydrogen-bond donors (Lipinski definition) is 4. The first-order chi connectivity index (χ1) is 30.2. The number of aliphatic hydroxyl groups excluding tert-OH is 3. The van der Waals surface area contributed by atoms with Crippen LogP contribution in [0.25, 0.3) is 0 Å². The van der Waals surface area contributed by atoms with E-state index in [4.69, 9.17) is 18.9 Å². The van der Waals surface area contributed by atoms with Gasteiger partial charge in [0.25, 0.3) is 0 Å². The molecule has 11 nitrogen and oxygen atoms in total. The summed E-state index contributed by atoms with van der Waals surface area (Å²) in [5.74, 6) is -2.58. The first-order valence-electron chi connectivity index (χ1n) is 22.9. The number of ether oxygens (including phenoxy) is 4. The van der Waals surface area contributed by atoms with E-state index in [2.05, 4.69) is 111 Å². The van der Waals surface area contributed by atoms with Crippen LogP contribution in [-0.4, -0.2) is 88.4 Å². The number of carboxylic acid groups (broad SMARTS) is 1. The Hall–Kier alpha value is -4.13. The van der Waals surface area contributed by atoms with Crippen molar-refractivity contribution in [3.05, 3.63) is 109 Å². The standard InChI is InChI=1S/C51H78O11/c1-3-5-7-9-11-13-15-17-19-21-22-24-25-27-29-31-33-35-37-39-44(52)59-41-43(42-60-51-48(56)46(54)47(55)49(62-51)50(57)58)61-45(53)40-38-36-34-32-30-28-26-23-20-18-16-14-12-10-8-6-4-2/h5-8,11-14,17-20,22,24,27,29,33,35,43,46-49,51,54-56H,3-4,9-10,15-16,21,23,25-26,28,30-32,34,36-42H2,1-2H3,(H,57,58)/b7-5-,8-6-,13-11-,14-12-,19-17-,20-18-,24-22-,29-27-,35-33-. The number of carbonyl (C=O) groups is 3. The summed E-state index contributed by atoms with van der Waals surface area (Å²) in [4.78, 5) is 36.8. The van der Waals surface area contributed by atoms with Crippen molar-refractivity contribution in [1.29, 1.82) is 0 Å². The first kappa shape index (κ1) is 55.9. The third kappa shape index (κ3) is 30.8. The molecule has 0 amide bonds. The Morgan fingerprint density at radius 2 is 0.935 bits per heavy atom. The lowest BCUT2D eigenvalue weighted by molar-refractivity contribution is -0.298. The normalized spacial score (nSPS) is 20.6. The van der Waals surface area contributed by atoms with Crippen LogP contribution in [0.3, 0.4) is 0 Å². The molecule has 1 saturated heterocycles. The summed E-state index contributed by atoms with van der Waals surface area (Å²) in [5, 5.41) is 39.8. The highest BCUT2D eigenvalue weighted by atomic mass is 16.7. The summed E-state index contributed by atoms with van der Waals surface area (Å²) in [6.45, 7) is 3.50. The molecule has 1 fully saturated rings. The molecule has 0 aromatic rings. The van der Waals surface area contributed by atoms with Crippen LogP contribution < -0.4 is 0 Å². The molecule has 62 heavy (non-hydrogen) atoms. The van der Waals surface area contributed by atoms with Gasteiger partial charge in [-0.25, -0.2) is 4.79 Å². The molecule has 4 N–H and O–H groups in total. The minimum Gasteiger partial charge on any atom is -0.479 e. The Bertz CT molecular complexity index is 1440. The molecule has 1 aliphatic heterocycles. The van der Waals surface area contributed by atoms with Gasteiger partial charge in [0.1, 0.15) is 24.9 Å². The molecule has 0 bridgehead atoms. The number of carboxylic acids is 1. The van der Waals surface area contributed by atoms with E-state index >= 15 is 0 Å². The number of carbonyl (C=O) groups excluding carboxylic acids is 2. The highest BCUT2D eigenvalue weighted by Gasteiger charge is 2.47. The predicted molar refractivity (Wildman–Crippen MR) is 247 cm³/mol. The molecule has 0 aromatic heterocycles. The van der Waals surface area contributed by atoms with Crippen LogP contribution in [0.2, 0.25) is 0 Å². The smallest absolute Gasteiger partial charge is 0.335 e. The van der Waals surface area contributed by atoms with Gasteiger partial charge in [-0.05, 0) is 83.5 Å². The van der Waals surface area contributed by atoms with Crippen LogP contribution in [-0.2, 0) is 33.3 Å². The quantitative estimate of drug-likeness (QED) is 0.0269. The van der Waals surface area contributed by atoms with Gasteiger partial charge in [0.2, 0.25) is 0 Å². The van der Waals surface area contributed by atoms with E-state index in [9.17, 15) is 34.8 Å². The van der Waals surface area contributed by atoms with Crippen LogP contribution in [0.5, 0.6) is 0 Å². The van der Waals surface area contributed by atoms with Crippen molar-refractivity contribution >= 4 is 17.9 Å². The van der Waals surface area contributed by atoms with Crippen LogP contribution >= 0.6 is 0 Å². The van der Waals surface area contributed by atoms with Gasteiger partial charge in [-0.3, -0.25) is 9.59 Å². The molecule has 1 heterocycles. The molecule has 0 spiro atoms. The van der Waals surface area contributed by atoms with Crippen LogP contribution in [0.4, 0.5) is 0 Å². The maximum Gasteiger partial charge on any atom is 0.335 e. The van der Waals surface area contributed by atoms with Gasteiger partial charge in [-0.1, -0.05) is 155 Å². The van der Waals surface area contributed by atoms with Crippen molar-refractivity contribution in [2.75, 3.05) is 13.2 Å². The Morgan fingerprint density at radius 1 is 0.500 bits per heavy atom. The Labute approximate surface area is 372 Å². The third-order valence-electron chi connectivity index (χ3n) is 9.63. The molecule has 1 aliphatic rings. The van der Waals surface area contributed by atoms with Gasteiger partial charge in [0, 0.05) is 12.8 Å². The number of unbranched alkanes of at least 4 members (excludes halogenated alkanes) is 7. The van der Waals surface area contributed by atoms with E-state index in [1.165, 1.54) is 0 Å². The number of rotatable bonds is 36. The average Bonchev–Trinajstić information content (AvgIpc) is 3.26. The van der Waals surface area contributed by atoms with Gasteiger partial charge in [-0.2, -0.15) is 0 Å². The van der Waals surface area contributed by atoms with Crippen molar-refractivity contribution in [3.8, 4) is 0 Å². The lowest BCUT2D eigenvalue weighted by Gasteiger charge is -2.38. The minimum atomic E-state index is -1.88. The maximum absolute atomic E-state index is 12.8. The Balaban J connectivity index is 2.43. The maximum atomic E-state index is 12.8. The van der Waals surface area contributed by atoms with E-state index in [0.29, 0.717) is 12.8 Å². The summed E-state index contributed by atoms with van der Waals surface area (Å²) in [5.41, 5.74) is 0. The van der Waals surface area contributed by atoms with E-state index in [1.54, 1.807) is 0 Å². The second-order valence-electron chi connectivity index (χ2n) is 15.1. The number of esters is 2. The van der Waals surface area contributed by atoms with E-state index in [0.717, 1.165) is 103 Å². The highest BCUT2D eigenvalue weighted by Crippen LogP contribution is 2.23. The van der Waals surface area contributed by atoms with Crippen molar-refractivity contribution in [3.63, 3.8) is 0 Å². The van der Waals surface area contributed by atoms with Crippen LogP contribution in [0.1, 0.15) is 142 Å². The molecule has 0 saturated carbocycles. The zero-order chi connectivity index (χ0) is 45.3. The fourth-order valence-electron chi connectivity index (χ4n) is 6.09. The van der Waals surface area contributed by atoms with Gasteiger partial charge in [0.05, 0.1) is 6.61 Å². The van der Waals surface area contributed by atoms with Crippen molar-refractivity contribution < 1.29 is 53.8 Å². The highest BCUT2D eigenvalue weighted by molar-refractivity contribution is 5.73. The van der Waals surface area contributed by atoms with Gasteiger partial charge < -0.3 is 39.4 Å². The van der Waals surface area contributed by atoms with Crippen molar-refractivity contribution in [2.24, 2.45) is 0 Å². The second kappa shape index (κ2) is 39.7. The summed E-state index contributed by atoms with van der Waals surface area (Å²) >= 11 is 0. The largest absolute Gasteiger partial charge is 0.479 e. The fourth-order valence-corrected chi connectivity index (χ4v) is 6.09. The number of aliphatic hydroxyl groups is 3. The van der Waals surface area contributed by atoms with E-state index in [-0.39, 0.29) is 19.4 Å². The lowest BCUT2D eigenvalue weighted by atomic mass is 9.99. The Morgan fingerprint density at radius 3 is 1.42 bits per heavy atom. The molecule has 0 radical (unpaired) electrons. The fraction of sp³-hybridized carbons (Fsp3) is 0.588. The molecule has 1 rings (SSSR count). The van der Waals surface area contributed by atoms with Crippen molar-refractivity contribution in [2.45, 2.75) is 179 Å². The monoisotopic (exact) mass is 867 g/mol. The number of aliphatic carboxylic acids is 1. The topological polar surface area (TPSA) is 169 Å². The van der Waals surface area contributed by atoms with Crippen molar-refractivity contribution in [1.82, 2.24) is 0 Å². The molecule has 0 aliphatic carbocycles. The lowest BCUT2D eigenvalue weighted by Crippen LogP contribution is -2.60.